The average molecular weight is 248 g/mol. The molecule has 1 aromatic rings. The van der Waals surface area contributed by atoms with Gasteiger partial charge in [-0.2, -0.15) is 0 Å². The molecule has 0 aromatic carbocycles. The summed E-state index contributed by atoms with van der Waals surface area (Å²) in [5, 5.41) is 0. The maximum Gasteiger partial charge on any atom is 0.110 e. The highest BCUT2D eigenvalue weighted by Gasteiger charge is 2.58. The molecule has 4 rings (SSSR count). The van der Waals surface area contributed by atoms with Gasteiger partial charge in [0, 0.05) is 12.8 Å². The topological polar surface area (TPSA) is 38.2 Å². The molecule has 0 N–H and O–H groups in total. The molecule has 0 saturated carbocycles. The molecule has 2 saturated heterocycles. The number of hydrogen-bond acceptors (Lipinski definition) is 3. The van der Waals surface area contributed by atoms with Crippen molar-refractivity contribution >= 4 is 0 Å². The summed E-state index contributed by atoms with van der Waals surface area (Å²) in [5.41, 5.74) is 2.67. The third kappa shape index (κ3) is 1.50. The summed E-state index contributed by atoms with van der Waals surface area (Å²) in [5.74, 6) is 1.11. The monoisotopic (exact) mass is 248 g/mol. The molecule has 0 amide bonds. The van der Waals surface area contributed by atoms with Crippen LogP contribution in [0, 0.1) is 6.92 Å². The third-order valence-electron chi connectivity index (χ3n) is 5.07. The first-order valence-corrected chi connectivity index (χ1v) is 6.92. The van der Waals surface area contributed by atoms with E-state index < -0.39 is 0 Å². The lowest BCUT2D eigenvalue weighted by Gasteiger charge is -2.11. The normalized spacial score (nSPS) is 45.7. The largest absolute Gasteiger partial charge is 0.469 e. The maximum atomic E-state index is 5.92. The molecule has 1 aromatic heterocycles. The molecule has 98 valence electrons. The van der Waals surface area contributed by atoms with Gasteiger partial charge in [-0.3, -0.25) is 0 Å². The van der Waals surface area contributed by atoms with Crippen LogP contribution in [0.25, 0.3) is 0 Å². The Hall–Kier alpha value is -0.800. The van der Waals surface area contributed by atoms with Crippen LogP contribution in [-0.2, 0) is 22.3 Å². The fourth-order valence-electron chi connectivity index (χ4n) is 3.45. The van der Waals surface area contributed by atoms with Crippen LogP contribution >= 0.6 is 0 Å². The van der Waals surface area contributed by atoms with Crippen molar-refractivity contribution < 1.29 is 13.9 Å². The van der Waals surface area contributed by atoms with Crippen LogP contribution in [0.4, 0.5) is 0 Å². The zero-order valence-corrected chi connectivity index (χ0v) is 11.3. The minimum absolute atomic E-state index is 0.00285. The van der Waals surface area contributed by atoms with E-state index in [1.54, 1.807) is 0 Å². The lowest BCUT2D eigenvalue weighted by Crippen LogP contribution is -2.20. The number of epoxide rings is 2. The zero-order chi connectivity index (χ0) is 12.5. The summed E-state index contributed by atoms with van der Waals surface area (Å²) in [6.45, 7) is 6.56. The molecule has 0 bridgehead atoms. The highest BCUT2D eigenvalue weighted by Crippen LogP contribution is 2.50. The van der Waals surface area contributed by atoms with Crippen LogP contribution in [0.15, 0.2) is 10.7 Å². The van der Waals surface area contributed by atoms with E-state index in [1.165, 1.54) is 11.1 Å². The Morgan fingerprint density at radius 3 is 2.78 bits per heavy atom. The number of furan rings is 1. The van der Waals surface area contributed by atoms with E-state index in [9.17, 15) is 0 Å². The number of fused-ring (bicyclic) bond motifs is 3. The van der Waals surface area contributed by atoms with E-state index >= 15 is 0 Å². The second-order valence-corrected chi connectivity index (χ2v) is 6.58. The molecule has 1 aliphatic carbocycles. The van der Waals surface area contributed by atoms with E-state index in [-0.39, 0.29) is 11.2 Å². The fourth-order valence-corrected chi connectivity index (χ4v) is 3.45. The summed E-state index contributed by atoms with van der Waals surface area (Å²) in [4.78, 5) is 0. The molecule has 3 nitrogen and oxygen atoms in total. The van der Waals surface area contributed by atoms with Crippen LogP contribution in [0.5, 0.6) is 0 Å². The van der Waals surface area contributed by atoms with Crippen molar-refractivity contribution in [2.75, 3.05) is 0 Å². The highest BCUT2D eigenvalue weighted by atomic mass is 16.6. The van der Waals surface area contributed by atoms with Crippen LogP contribution in [0.2, 0.25) is 0 Å². The minimum Gasteiger partial charge on any atom is -0.469 e. The van der Waals surface area contributed by atoms with Gasteiger partial charge in [0.15, 0.2) is 0 Å². The average Bonchev–Trinajstić information content (AvgIpc) is 3.11. The smallest absolute Gasteiger partial charge is 0.110 e. The maximum absolute atomic E-state index is 5.92. The quantitative estimate of drug-likeness (QED) is 0.663. The predicted molar refractivity (Wildman–Crippen MR) is 66.6 cm³/mol. The standard InChI is InChI=1S/C15H20O3/c1-9-8-16-11-7-15(3)12(17-15)4-5-14(2)13(18-14)6-10(9)11/h8,12-13H,4-7H2,1-3H3/t12-,13+,14-,15+/m0/s1. The highest BCUT2D eigenvalue weighted by molar-refractivity contribution is 5.32. The summed E-state index contributed by atoms with van der Waals surface area (Å²) in [6.07, 6.45) is 6.76. The molecule has 3 heterocycles. The summed E-state index contributed by atoms with van der Waals surface area (Å²) < 4.78 is 17.6. The van der Waals surface area contributed by atoms with Crippen molar-refractivity contribution in [1.29, 1.82) is 0 Å². The Morgan fingerprint density at radius 2 is 1.94 bits per heavy atom. The van der Waals surface area contributed by atoms with E-state index in [1.807, 2.05) is 6.26 Å². The summed E-state index contributed by atoms with van der Waals surface area (Å²) in [7, 11) is 0. The molecule has 2 aliphatic heterocycles. The number of rotatable bonds is 0. The fraction of sp³-hybridized carbons (Fsp3) is 0.733. The van der Waals surface area contributed by atoms with Gasteiger partial charge in [-0.05, 0) is 44.7 Å². The molecular weight excluding hydrogens is 228 g/mol. The number of hydrogen-bond donors (Lipinski definition) is 0. The molecule has 0 spiro atoms. The van der Waals surface area contributed by atoms with Crippen LogP contribution in [-0.4, -0.2) is 23.4 Å². The Bertz CT molecular complexity index is 506. The lowest BCUT2D eigenvalue weighted by molar-refractivity contribution is 0.268. The molecule has 3 aliphatic rings. The zero-order valence-electron chi connectivity index (χ0n) is 11.3. The van der Waals surface area contributed by atoms with Gasteiger partial charge in [-0.15, -0.1) is 0 Å². The van der Waals surface area contributed by atoms with Crippen LogP contribution < -0.4 is 0 Å². The Morgan fingerprint density at radius 1 is 1.17 bits per heavy atom. The van der Waals surface area contributed by atoms with Gasteiger partial charge in [0.2, 0.25) is 0 Å². The van der Waals surface area contributed by atoms with Gasteiger partial charge in [-0.1, -0.05) is 0 Å². The van der Waals surface area contributed by atoms with Gasteiger partial charge in [0.05, 0.1) is 29.7 Å². The Labute approximate surface area is 107 Å². The molecule has 18 heavy (non-hydrogen) atoms. The molecule has 0 unspecified atom stereocenters. The molecule has 0 radical (unpaired) electrons. The first kappa shape index (κ1) is 11.1. The van der Waals surface area contributed by atoms with Crippen molar-refractivity contribution in [3.63, 3.8) is 0 Å². The van der Waals surface area contributed by atoms with E-state index in [2.05, 4.69) is 20.8 Å². The SMILES string of the molecule is Cc1coc2c1C[C@H]1O[C@@]1(C)CC[C@@H]1O[C@]1(C)C2. The van der Waals surface area contributed by atoms with Gasteiger partial charge in [0.25, 0.3) is 0 Å². The van der Waals surface area contributed by atoms with Crippen molar-refractivity contribution in [3.8, 4) is 0 Å². The van der Waals surface area contributed by atoms with Crippen molar-refractivity contribution in [2.24, 2.45) is 0 Å². The minimum atomic E-state index is -0.00285. The summed E-state index contributed by atoms with van der Waals surface area (Å²) in [6, 6.07) is 0. The van der Waals surface area contributed by atoms with Crippen molar-refractivity contribution in [2.45, 2.75) is 69.9 Å². The van der Waals surface area contributed by atoms with Crippen molar-refractivity contribution in [3.05, 3.63) is 23.2 Å². The van der Waals surface area contributed by atoms with E-state index in [0.29, 0.717) is 12.2 Å². The molecule has 3 heteroatoms. The third-order valence-corrected chi connectivity index (χ3v) is 5.07. The second-order valence-electron chi connectivity index (χ2n) is 6.58. The van der Waals surface area contributed by atoms with Gasteiger partial charge < -0.3 is 13.9 Å². The molecule has 2 fully saturated rings. The van der Waals surface area contributed by atoms with Gasteiger partial charge in [0.1, 0.15) is 5.76 Å². The van der Waals surface area contributed by atoms with E-state index in [0.717, 1.165) is 31.4 Å². The van der Waals surface area contributed by atoms with Gasteiger partial charge in [-0.25, -0.2) is 0 Å². The lowest BCUT2D eigenvalue weighted by atomic mass is 9.88. The second kappa shape index (κ2) is 3.20. The first-order valence-electron chi connectivity index (χ1n) is 6.92. The summed E-state index contributed by atoms with van der Waals surface area (Å²) >= 11 is 0. The Balaban J connectivity index is 1.71. The first-order chi connectivity index (χ1) is 8.50. The van der Waals surface area contributed by atoms with E-state index in [4.69, 9.17) is 13.9 Å². The van der Waals surface area contributed by atoms with Crippen LogP contribution in [0.1, 0.15) is 43.6 Å². The number of aryl methyl sites for hydroxylation is 1. The molecule has 4 atom stereocenters. The van der Waals surface area contributed by atoms with Crippen LogP contribution in [0.3, 0.4) is 0 Å². The van der Waals surface area contributed by atoms with Gasteiger partial charge >= 0.3 is 0 Å². The molecular formula is C15H20O3. The van der Waals surface area contributed by atoms with Crippen molar-refractivity contribution in [1.82, 2.24) is 0 Å². The predicted octanol–water partition coefficient (Wildman–Crippen LogP) is 2.78. The Kier molecular flexibility index (Phi) is 1.97. The number of ether oxygens (including phenoxy) is 2.